The number of allylic oxidation sites excluding steroid dienone is 4. The third-order valence-corrected chi connectivity index (χ3v) is 9.79. The fourth-order valence-electron chi connectivity index (χ4n) is 4.75. The van der Waals surface area contributed by atoms with Crippen molar-refractivity contribution in [1.82, 2.24) is 0 Å². The Morgan fingerprint density at radius 1 is 0.682 bits per heavy atom. The monoisotopic (exact) mass is 826 g/mol. The second kappa shape index (κ2) is 16.6. The maximum atomic E-state index is 5.98. The summed E-state index contributed by atoms with van der Waals surface area (Å²) in [5.74, 6) is 0. The van der Waals surface area contributed by atoms with Crippen molar-refractivity contribution >= 4 is 48.0 Å². The number of benzene rings is 4. The van der Waals surface area contributed by atoms with E-state index in [0.717, 1.165) is 40.4 Å². The molecule has 0 unspecified atom stereocenters. The van der Waals surface area contributed by atoms with E-state index in [1.54, 1.807) is 0 Å². The van der Waals surface area contributed by atoms with Crippen LogP contribution >= 0.6 is 23.2 Å². The van der Waals surface area contributed by atoms with E-state index in [2.05, 4.69) is 108 Å². The van der Waals surface area contributed by atoms with Gasteiger partial charge >= 0.3 is 120 Å². The summed E-state index contributed by atoms with van der Waals surface area (Å²) in [6.45, 7) is 13.6. The Morgan fingerprint density at radius 3 is 1.45 bits per heavy atom. The minimum Gasteiger partial charge on any atom is -1.00 e. The number of rotatable bonds is 2. The second-order valence-electron chi connectivity index (χ2n) is 12.6. The van der Waals surface area contributed by atoms with Gasteiger partial charge in [0.25, 0.3) is 0 Å². The van der Waals surface area contributed by atoms with Gasteiger partial charge in [-0.2, -0.15) is 6.08 Å². The molecule has 0 saturated carbocycles. The molecule has 0 aromatic heterocycles. The van der Waals surface area contributed by atoms with Gasteiger partial charge in [0, 0.05) is 0 Å². The average Bonchev–Trinajstić information content (AvgIpc) is 3.63. The first-order valence-electron chi connectivity index (χ1n) is 14.3. The summed E-state index contributed by atoms with van der Waals surface area (Å²) in [6.07, 6.45) is 10.0. The van der Waals surface area contributed by atoms with Crippen molar-refractivity contribution in [3.05, 3.63) is 148 Å². The van der Waals surface area contributed by atoms with Gasteiger partial charge in [0.05, 0.1) is 0 Å². The molecule has 0 fully saturated rings. The average molecular weight is 827 g/mol. The Morgan fingerprint density at radius 2 is 1.14 bits per heavy atom. The fourth-order valence-corrected chi connectivity index (χ4v) is 6.25. The summed E-state index contributed by atoms with van der Waals surface area (Å²) in [4.78, 5) is 0. The molecule has 228 valence electrons. The van der Waals surface area contributed by atoms with Crippen molar-refractivity contribution in [3.63, 3.8) is 0 Å². The Bertz CT molecular complexity index is 1640. The molecule has 6 rings (SSSR count). The molecule has 5 heteroatoms. The summed E-state index contributed by atoms with van der Waals surface area (Å²) < 4.78 is 1.31. The van der Waals surface area contributed by atoms with Crippen LogP contribution in [0.5, 0.6) is 0 Å². The van der Waals surface area contributed by atoms with Gasteiger partial charge in [0.15, 0.2) is 0 Å². The zero-order valence-corrected chi connectivity index (χ0v) is 32.7. The third-order valence-electron chi connectivity index (χ3n) is 7.25. The Hall–Kier alpha value is -1.87. The molecule has 0 N–H and O–H groups in total. The van der Waals surface area contributed by atoms with E-state index >= 15 is 0 Å². The number of hydrogen-bond acceptors (Lipinski definition) is 0. The van der Waals surface area contributed by atoms with Crippen molar-refractivity contribution in [2.75, 3.05) is 0 Å². The van der Waals surface area contributed by atoms with E-state index in [4.69, 9.17) is 23.2 Å². The topological polar surface area (TPSA) is 0 Å². The predicted octanol–water partition coefficient (Wildman–Crippen LogP) is 5.73. The van der Waals surface area contributed by atoms with Gasteiger partial charge in [-0.3, -0.25) is 6.08 Å². The van der Waals surface area contributed by atoms with E-state index in [9.17, 15) is 0 Å². The summed E-state index contributed by atoms with van der Waals surface area (Å²) in [7, 11) is 0. The van der Waals surface area contributed by atoms with Crippen LogP contribution in [-0.4, -0.2) is 3.26 Å². The molecule has 0 atom stereocenters. The van der Waals surface area contributed by atoms with Gasteiger partial charge in [0.1, 0.15) is 0 Å². The van der Waals surface area contributed by atoms with Crippen LogP contribution in [0, 0.1) is 6.08 Å². The molecule has 5 aromatic rings. The number of halogens is 4. The van der Waals surface area contributed by atoms with Crippen LogP contribution in [0.1, 0.15) is 70.2 Å². The summed E-state index contributed by atoms with van der Waals surface area (Å²) in [5, 5.41) is 7.02. The Balaban J connectivity index is 0.000000260. The minimum absolute atomic E-state index is 0. The van der Waals surface area contributed by atoms with Gasteiger partial charge in [-0.15, -0.1) is 46.2 Å². The molecule has 1 aliphatic rings. The largest absolute Gasteiger partial charge is 1.00 e. The molecule has 0 saturated heterocycles. The number of hydrogen-bond donors (Lipinski definition) is 0. The molecule has 0 amide bonds. The molecule has 0 nitrogen and oxygen atoms in total. The van der Waals surface area contributed by atoms with Crippen LogP contribution in [0.3, 0.4) is 0 Å². The van der Waals surface area contributed by atoms with Gasteiger partial charge < -0.3 is 24.8 Å². The van der Waals surface area contributed by atoms with Gasteiger partial charge in [0.2, 0.25) is 0 Å². The van der Waals surface area contributed by atoms with E-state index < -0.39 is 0 Å². The van der Waals surface area contributed by atoms with E-state index in [0.29, 0.717) is 0 Å². The first kappa shape index (κ1) is 38.3. The van der Waals surface area contributed by atoms with Gasteiger partial charge in [-0.1, -0.05) is 76.9 Å². The molecule has 5 aromatic carbocycles. The first-order valence-corrected chi connectivity index (χ1v) is 16.8. The summed E-state index contributed by atoms with van der Waals surface area (Å²) in [5.41, 5.74) is 5.58. The molecular formula is C39H38Cl4Hf-2. The van der Waals surface area contributed by atoms with Crippen LogP contribution in [0.15, 0.2) is 109 Å². The fraction of sp³-hybridized carbons (Fsp3) is 0.231. The zero-order valence-electron chi connectivity index (χ0n) is 26.1. The summed E-state index contributed by atoms with van der Waals surface area (Å²) in [6, 6.07) is 32.0. The molecule has 44 heavy (non-hydrogen) atoms. The standard InChI is InChI=1S/C21H25.C13H8Cl2.C5H5.2ClH.Hf/c1-20(2,3)16-7-9-18-14(12-16)11-15-13-17(21(4,5)6)8-10-19(15)18;14-12-5-1-3-10(8-12)7-11-4-2-6-13(15)9-11;1-2-4-5-3-1;;;/h7-13H,1-6H3;1-6,8-9H;1-3H,4H2;2*1H;/q-1;;-1;;;+2/p-2. The van der Waals surface area contributed by atoms with E-state index in [-0.39, 0.29) is 35.6 Å². The van der Waals surface area contributed by atoms with Crippen molar-refractivity contribution in [1.29, 1.82) is 0 Å². The Labute approximate surface area is 300 Å². The van der Waals surface area contributed by atoms with Crippen LogP contribution < -0.4 is 24.8 Å². The molecule has 0 aliphatic heterocycles. The zero-order chi connectivity index (χ0) is 30.5. The van der Waals surface area contributed by atoms with E-state index in [1.165, 1.54) is 47.1 Å². The van der Waals surface area contributed by atoms with Crippen molar-refractivity contribution < 1.29 is 48.7 Å². The summed E-state index contributed by atoms with van der Waals surface area (Å²) >= 11 is 12.9. The quantitative estimate of drug-likeness (QED) is 0.158. The molecule has 0 bridgehead atoms. The predicted molar refractivity (Wildman–Crippen MR) is 182 cm³/mol. The maximum absolute atomic E-state index is 5.98. The minimum atomic E-state index is 0. The normalized spacial score (nSPS) is 12.0. The SMILES string of the molecule is CC(C)(C)c1ccc2c(c1)[cH-]c1cc(C(C)(C)C)ccc12.Clc1cccc([C](=[Hf+2])c2cccc(Cl)c2)c1.[C-]1=CC=CC1.[Cl-].[Cl-]. The Kier molecular flexibility index (Phi) is 14.5. The van der Waals surface area contributed by atoms with Crippen LogP contribution in [0.25, 0.3) is 21.5 Å². The smallest absolute Gasteiger partial charge is 0.109 e. The van der Waals surface area contributed by atoms with Crippen LogP contribution in [0.2, 0.25) is 10.0 Å². The van der Waals surface area contributed by atoms with Crippen molar-refractivity contribution in [3.8, 4) is 0 Å². The first-order chi connectivity index (χ1) is 19.8. The van der Waals surface area contributed by atoms with Crippen molar-refractivity contribution in [2.24, 2.45) is 0 Å². The molecule has 0 spiro atoms. The van der Waals surface area contributed by atoms with Gasteiger partial charge in [-0.25, -0.2) is 12.2 Å². The third kappa shape index (κ3) is 10.3. The van der Waals surface area contributed by atoms with Gasteiger partial charge in [-0.05, 0) is 10.8 Å². The second-order valence-corrected chi connectivity index (χ2v) is 15.3. The molecule has 1 aliphatic carbocycles. The van der Waals surface area contributed by atoms with Crippen LogP contribution in [0.4, 0.5) is 0 Å². The number of fused-ring (bicyclic) bond motifs is 3. The molecule has 0 heterocycles. The van der Waals surface area contributed by atoms with E-state index in [1.807, 2.05) is 48.6 Å². The van der Waals surface area contributed by atoms with Crippen molar-refractivity contribution in [2.45, 2.75) is 58.8 Å². The molecule has 0 radical (unpaired) electrons. The molecular weight excluding hydrogens is 789 g/mol. The van der Waals surface area contributed by atoms with Crippen LogP contribution in [-0.2, 0) is 34.7 Å². The maximum Gasteiger partial charge on any atom is -0.109 e.